The molecule has 12 nitrogen and oxygen atoms in total. The van der Waals surface area contributed by atoms with Crippen LogP contribution in [0.2, 0.25) is 0 Å². The number of halogens is 4. The van der Waals surface area contributed by atoms with E-state index in [-0.39, 0.29) is 39.4 Å². The van der Waals surface area contributed by atoms with E-state index in [4.69, 9.17) is 25.0 Å². The Balaban J connectivity index is 1.82. The second-order valence-corrected chi connectivity index (χ2v) is 9.00. The van der Waals surface area contributed by atoms with Crippen molar-refractivity contribution < 1.29 is 36.6 Å². The molecule has 2 heterocycles. The topological polar surface area (TPSA) is 156 Å². The highest BCUT2D eigenvalue weighted by atomic mass is 19.4. The monoisotopic (exact) mass is 603 g/mol. The fraction of sp³-hybridized carbons (Fsp3) is 0.222. The van der Waals surface area contributed by atoms with E-state index in [2.05, 4.69) is 15.6 Å². The summed E-state index contributed by atoms with van der Waals surface area (Å²) in [4.78, 5) is 30.0. The van der Waals surface area contributed by atoms with Crippen LogP contribution in [0.3, 0.4) is 0 Å². The normalized spacial score (nSPS) is 11.2. The number of nitrogens with zero attached hydrogens (tertiary/aromatic N) is 3. The lowest BCUT2D eigenvalue weighted by molar-refractivity contribution is -0.137. The van der Waals surface area contributed by atoms with Crippen molar-refractivity contribution in [3.63, 3.8) is 0 Å². The number of aryl methyl sites for hydroxylation is 1. The van der Waals surface area contributed by atoms with Crippen LogP contribution in [0.25, 0.3) is 22.2 Å². The number of aromatic nitrogens is 3. The molecule has 0 aliphatic carbocycles. The molecule has 0 bridgehead atoms. The van der Waals surface area contributed by atoms with E-state index in [1.54, 1.807) is 0 Å². The number of carbonyl (C=O) groups is 1. The molecule has 0 aliphatic heterocycles. The lowest BCUT2D eigenvalue weighted by Crippen LogP contribution is -2.28. The summed E-state index contributed by atoms with van der Waals surface area (Å²) in [5.41, 5.74) is -2.11. The Kier molecular flexibility index (Phi) is 8.68. The number of rotatable bonds is 10. The first-order valence-corrected chi connectivity index (χ1v) is 12.3. The molecule has 2 aromatic heterocycles. The minimum absolute atomic E-state index is 0.00370. The van der Waals surface area contributed by atoms with Crippen LogP contribution in [-0.4, -0.2) is 53.0 Å². The van der Waals surface area contributed by atoms with Crippen LogP contribution >= 0.6 is 0 Å². The number of imidazole rings is 1. The summed E-state index contributed by atoms with van der Waals surface area (Å²) in [7, 11) is 3.92. The molecule has 0 fully saturated rings. The van der Waals surface area contributed by atoms with Gasteiger partial charge in [-0.3, -0.25) is 24.7 Å². The van der Waals surface area contributed by atoms with E-state index in [1.807, 2.05) is 0 Å². The Labute approximate surface area is 240 Å². The van der Waals surface area contributed by atoms with Gasteiger partial charge in [-0.05, 0) is 35.9 Å². The van der Waals surface area contributed by atoms with Crippen LogP contribution in [0.1, 0.15) is 5.56 Å². The van der Waals surface area contributed by atoms with Crippen LogP contribution in [-0.2, 0) is 24.6 Å². The summed E-state index contributed by atoms with van der Waals surface area (Å²) < 4.78 is 74.8. The van der Waals surface area contributed by atoms with Gasteiger partial charge in [0.1, 0.15) is 19.0 Å². The van der Waals surface area contributed by atoms with Gasteiger partial charge in [-0.2, -0.15) is 13.2 Å². The molecule has 0 radical (unpaired) electrons. The van der Waals surface area contributed by atoms with Gasteiger partial charge in [0.05, 0.1) is 49.0 Å². The fourth-order valence-corrected chi connectivity index (χ4v) is 4.30. The molecule has 0 spiro atoms. The van der Waals surface area contributed by atoms with E-state index in [1.165, 1.54) is 45.7 Å². The van der Waals surface area contributed by atoms with Crippen molar-refractivity contribution in [3.8, 4) is 28.5 Å². The maximum Gasteiger partial charge on any atom is 0.416 e. The Morgan fingerprint density at radius 1 is 1.14 bits per heavy atom. The highest BCUT2D eigenvalue weighted by Crippen LogP contribution is 2.41. The summed E-state index contributed by atoms with van der Waals surface area (Å²) in [6.07, 6.45) is -2.81. The predicted molar refractivity (Wildman–Crippen MR) is 149 cm³/mol. The van der Waals surface area contributed by atoms with Gasteiger partial charge in [0, 0.05) is 18.7 Å². The second-order valence-electron chi connectivity index (χ2n) is 9.00. The molecule has 4 rings (SSSR count). The van der Waals surface area contributed by atoms with E-state index in [0.29, 0.717) is 5.88 Å². The predicted octanol–water partition coefficient (Wildman–Crippen LogP) is 3.77. The third kappa shape index (κ3) is 6.42. The number of alkyl halides is 3. The molecule has 4 aromatic rings. The van der Waals surface area contributed by atoms with Gasteiger partial charge in [0.2, 0.25) is 11.8 Å². The van der Waals surface area contributed by atoms with Gasteiger partial charge >= 0.3 is 11.9 Å². The fourth-order valence-electron chi connectivity index (χ4n) is 4.30. The number of amidine groups is 1. The first-order chi connectivity index (χ1) is 20.4. The zero-order valence-electron chi connectivity index (χ0n) is 22.9. The number of methoxy groups -OCH3 is 2. The third-order valence-electron chi connectivity index (χ3n) is 6.24. The Hall–Kier alpha value is -5.41. The van der Waals surface area contributed by atoms with Crippen LogP contribution in [0, 0.1) is 16.6 Å². The summed E-state index contributed by atoms with van der Waals surface area (Å²) in [6.45, 7) is -1.09. The summed E-state index contributed by atoms with van der Waals surface area (Å²) in [5.74, 6) is -2.30. The molecule has 43 heavy (non-hydrogen) atoms. The molecular formula is C27H25F4N7O5. The van der Waals surface area contributed by atoms with Gasteiger partial charge in [0.15, 0.2) is 17.3 Å². The maximum absolute atomic E-state index is 15.3. The van der Waals surface area contributed by atoms with Gasteiger partial charge in [-0.15, -0.1) is 0 Å². The largest absolute Gasteiger partial charge is 0.493 e. The highest BCUT2D eigenvalue weighted by molar-refractivity contribution is 5.96. The van der Waals surface area contributed by atoms with Crippen molar-refractivity contribution in [2.24, 2.45) is 7.05 Å². The number of amides is 1. The van der Waals surface area contributed by atoms with E-state index >= 15 is 4.39 Å². The molecule has 0 saturated heterocycles. The molecule has 16 heteroatoms. The smallest absolute Gasteiger partial charge is 0.416 e. The summed E-state index contributed by atoms with van der Waals surface area (Å²) in [6, 6.07) is 6.64. The Morgan fingerprint density at radius 3 is 2.49 bits per heavy atom. The first-order valence-electron chi connectivity index (χ1n) is 12.3. The van der Waals surface area contributed by atoms with Crippen LogP contribution < -0.4 is 30.5 Å². The van der Waals surface area contributed by atoms with Crippen molar-refractivity contribution in [1.82, 2.24) is 19.4 Å². The van der Waals surface area contributed by atoms with E-state index in [9.17, 15) is 22.8 Å². The lowest BCUT2D eigenvalue weighted by atomic mass is 9.99. The number of pyridine rings is 1. The van der Waals surface area contributed by atoms with Crippen LogP contribution in [0.5, 0.6) is 17.4 Å². The van der Waals surface area contributed by atoms with Crippen LogP contribution in [0.4, 0.5) is 23.2 Å². The van der Waals surface area contributed by atoms with Gasteiger partial charge in [-0.25, -0.2) is 14.2 Å². The van der Waals surface area contributed by atoms with Crippen molar-refractivity contribution in [2.75, 3.05) is 26.1 Å². The molecule has 226 valence electrons. The Bertz CT molecular complexity index is 1770. The number of fused-ring (bicyclic) bond motifs is 1. The number of hydrogen-bond acceptors (Lipinski definition) is 8. The zero-order valence-corrected chi connectivity index (χ0v) is 22.9. The second kappa shape index (κ2) is 12.2. The number of nitrogens with one attached hydrogen (secondary N) is 4. The van der Waals surface area contributed by atoms with Crippen molar-refractivity contribution in [1.29, 1.82) is 10.8 Å². The molecule has 0 unspecified atom stereocenters. The molecule has 2 aromatic carbocycles. The average molecular weight is 604 g/mol. The first kappa shape index (κ1) is 30.5. The molecule has 1 amide bonds. The minimum Gasteiger partial charge on any atom is -0.493 e. The third-order valence-corrected chi connectivity index (χ3v) is 6.24. The minimum atomic E-state index is -4.86. The van der Waals surface area contributed by atoms with Crippen molar-refractivity contribution in [2.45, 2.75) is 12.7 Å². The zero-order chi connectivity index (χ0) is 31.5. The quantitative estimate of drug-likeness (QED) is 0.122. The molecule has 0 saturated carbocycles. The molecular weight excluding hydrogens is 578 g/mol. The Morgan fingerprint density at radius 2 is 1.88 bits per heavy atom. The molecule has 4 N–H and O–H groups in total. The number of anilines is 1. The lowest BCUT2D eigenvalue weighted by Gasteiger charge is -2.16. The SMILES string of the molecule is COc1ccc(NC(=O)Cn2c(=O)n(C)c3c(-c4cc(F)c(OCC(=N)NC=N)c(OC)c4)cc(C(F)(F)F)cc32)cn1. The average Bonchev–Trinajstić information content (AvgIpc) is 3.20. The number of hydrogen-bond donors (Lipinski definition) is 4. The maximum atomic E-state index is 15.3. The van der Waals surface area contributed by atoms with E-state index in [0.717, 1.165) is 33.7 Å². The van der Waals surface area contributed by atoms with Crippen molar-refractivity contribution in [3.05, 3.63) is 64.5 Å². The van der Waals surface area contributed by atoms with Gasteiger partial charge in [-0.1, -0.05) is 0 Å². The number of benzene rings is 2. The molecule has 0 atom stereocenters. The highest BCUT2D eigenvalue weighted by Gasteiger charge is 2.33. The standard InChI is InChI=1S/C27H25F4N7O5/c1-37-24-17(14-6-18(28)25(20(7-14)41-2)43-12-21(33)35-13-32)8-15(27(29,30)31)9-19(24)38(26(37)40)11-22(39)36-16-4-5-23(42-3)34-10-16/h4-10,13H,11-12H2,1-3H3,(H,36,39)(H3,32,33,35). The van der Waals surface area contributed by atoms with Gasteiger partial charge in [0.25, 0.3) is 0 Å². The number of carbonyl (C=O) groups excluding carboxylic acids is 1. The van der Waals surface area contributed by atoms with Gasteiger partial charge < -0.3 is 24.8 Å². The van der Waals surface area contributed by atoms with E-state index < -0.39 is 48.1 Å². The summed E-state index contributed by atoms with van der Waals surface area (Å²) >= 11 is 0. The number of ether oxygens (including phenoxy) is 3. The summed E-state index contributed by atoms with van der Waals surface area (Å²) in [5, 5.41) is 19.4. The molecule has 0 aliphatic rings. The van der Waals surface area contributed by atoms with Crippen molar-refractivity contribution >= 4 is 34.8 Å². The van der Waals surface area contributed by atoms with Crippen LogP contribution in [0.15, 0.2) is 47.4 Å².